The van der Waals surface area contributed by atoms with Crippen LogP contribution in [0.4, 0.5) is 5.69 Å². The molecule has 2 N–H and O–H groups in total. The number of esters is 1. The monoisotopic (exact) mass is 614 g/mol. The third kappa shape index (κ3) is 4.01. The average Bonchev–Trinajstić information content (AvgIpc) is 3.80. The molecule has 5 heterocycles. The number of benzene rings is 1. The maximum Gasteiger partial charge on any atom is 0.305 e. The Bertz CT molecular complexity index is 2060. The molecule has 1 fully saturated rings. The summed E-state index contributed by atoms with van der Waals surface area (Å²) in [6, 6.07) is 6.16. The van der Waals surface area contributed by atoms with E-state index in [1.807, 2.05) is 26.0 Å². The van der Waals surface area contributed by atoms with E-state index in [1.54, 1.807) is 0 Å². The Morgan fingerprint density at radius 3 is 2.59 bits per heavy atom. The highest BCUT2D eigenvalue weighted by molar-refractivity contribution is 6.38. The molecule has 1 aromatic carbocycles. The highest BCUT2D eigenvalue weighted by Gasteiger charge is 2.44. The summed E-state index contributed by atoms with van der Waals surface area (Å²) in [6.07, 6.45) is 5.59. The van der Waals surface area contributed by atoms with Gasteiger partial charge in [-0.2, -0.15) is 0 Å². The summed E-state index contributed by atoms with van der Waals surface area (Å²) in [7, 11) is 1.38. The summed E-state index contributed by atoms with van der Waals surface area (Å²) in [5.41, 5.74) is 14.5. The van der Waals surface area contributed by atoms with Crippen LogP contribution in [0.3, 0.4) is 0 Å². The van der Waals surface area contributed by atoms with Crippen LogP contribution < -0.4 is 0 Å². The number of ether oxygens (including phenoxy) is 1. The van der Waals surface area contributed by atoms with Gasteiger partial charge in [0, 0.05) is 29.5 Å². The third-order valence-corrected chi connectivity index (χ3v) is 10.6. The van der Waals surface area contributed by atoms with Gasteiger partial charge in [-0.1, -0.05) is 32.0 Å². The molecule has 1 aliphatic carbocycles. The number of aliphatic hydroxyl groups excluding tert-OH is 1. The van der Waals surface area contributed by atoms with Crippen LogP contribution in [0, 0.1) is 6.92 Å². The van der Waals surface area contributed by atoms with Crippen molar-refractivity contribution in [3.8, 4) is 0 Å². The Morgan fingerprint density at radius 1 is 1.11 bits per heavy atom. The molecule has 1 atom stereocenters. The average molecular weight is 615 g/mol. The van der Waals surface area contributed by atoms with Gasteiger partial charge in [0.2, 0.25) is 0 Å². The van der Waals surface area contributed by atoms with Crippen molar-refractivity contribution < 1.29 is 19.4 Å². The Balaban J connectivity index is 1.59. The first kappa shape index (κ1) is 29.8. The van der Waals surface area contributed by atoms with E-state index < -0.39 is 5.41 Å². The number of nitrogens with one attached hydrogen (secondary N) is 1. The summed E-state index contributed by atoms with van der Waals surface area (Å²) < 4.78 is 4.98. The molecule has 8 nitrogen and oxygen atoms in total. The molecular formula is C38H38N4O4. The number of aromatic nitrogens is 1. The van der Waals surface area contributed by atoms with Gasteiger partial charge in [-0.3, -0.25) is 14.6 Å². The number of carbonyl (C=O) groups is 2. The van der Waals surface area contributed by atoms with Gasteiger partial charge in [-0.15, -0.1) is 0 Å². The minimum Gasteiger partial charge on any atom is -0.515 e. The first-order valence-electron chi connectivity index (χ1n) is 16.0. The molecular weight excluding hydrogens is 576 g/mol. The van der Waals surface area contributed by atoms with Crippen LogP contribution in [0.15, 0.2) is 78.7 Å². The normalized spacial score (nSPS) is 22.2. The number of ketones is 1. The number of fused-ring (bicyclic) bond motifs is 5. The number of aliphatic imine (C=N–C) groups is 3. The van der Waals surface area contributed by atoms with Crippen molar-refractivity contribution in [3.05, 3.63) is 97.4 Å². The lowest BCUT2D eigenvalue weighted by atomic mass is 9.73. The van der Waals surface area contributed by atoms with Crippen molar-refractivity contribution >= 4 is 46.2 Å². The van der Waals surface area contributed by atoms with E-state index in [4.69, 9.17) is 19.7 Å². The molecule has 8 bridgehead atoms. The molecule has 46 heavy (non-hydrogen) atoms. The molecule has 0 saturated heterocycles. The Kier molecular flexibility index (Phi) is 6.88. The molecule has 4 aliphatic heterocycles. The van der Waals surface area contributed by atoms with E-state index in [0.717, 1.165) is 91.6 Å². The van der Waals surface area contributed by atoms with Gasteiger partial charge >= 0.3 is 5.97 Å². The number of nitrogens with zero attached hydrogens (tertiary/aromatic N) is 3. The van der Waals surface area contributed by atoms with Gasteiger partial charge in [0.15, 0.2) is 5.78 Å². The number of hydrogen-bond donors (Lipinski definition) is 2. The lowest BCUT2D eigenvalue weighted by molar-refractivity contribution is -0.140. The summed E-state index contributed by atoms with van der Waals surface area (Å²) in [5.74, 6) is -0.336. The van der Waals surface area contributed by atoms with Crippen LogP contribution in [0.25, 0.3) is 11.6 Å². The van der Waals surface area contributed by atoms with Crippen molar-refractivity contribution in [3.63, 3.8) is 0 Å². The zero-order chi connectivity index (χ0) is 32.7. The van der Waals surface area contributed by atoms with E-state index >= 15 is 0 Å². The SMILES string of the molecule is CCc1c2[nH]c(c1C)C(=CO)C1=Nc3c(cccc3C1(C)CC)C1=NC(=C3C(=O)CC4=C(C)C(=C2)N=C43)C(CCC(=O)OC)=C1C. The molecule has 1 saturated carbocycles. The first-order chi connectivity index (χ1) is 22.1. The fourth-order valence-corrected chi connectivity index (χ4v) is 7.74. The van der Waals surface area contributed by atoms with Gasteiger partial charge in [-0.25, -0.2) is 9.98 Å². The number of hydrogen-bond acceptors (Lipinski definition) is 7. The fraction of sp³-hybridized carbons (Fsp3) is 0.342. The van der Waals surface area contributed by atoms with E-state index in [2.05, 4.69) is 44.8 Å². The number of aromatic amines is 1. The fourth-order valence-electron chi connectivity index (χ4n) is 7.74. The number of carbonyl (C=O) groups excluding carboxylic acids is 2. The third-order valence-electron chi connectivity index (χ3n) is 10.6. The molecule has 8 heteroatoms. The number of rotatable bonds is 5. The van der Waals surface area contributed by atoms with E-state index in [1.165, 1.54) is 13.4 Å². The number of para-hydroxylation sites is 1. The smallest absolute Gasteiger partial charge is 0.305 e. The highest BCUT2D eigenvalue weighted by atomic mass is 16.5. The van der Waals surface area contributed by atoms with Gasteiger partial charge in [0.25, 0.3) is 0 Å². The molecule has 0 amide bonds. The lowest BCUT2D eigenvalue weighted by Gasteiger charge is -2.27. The molecule has 0 radical (unpaired) electrons. The predicted molar refractivity (Wildman–Crippen MR) is 182 cm³/mol. The molecule has 7 rings (SSSR count). The van der Waals surface area contributed by atoms with Gasteiger partial charge in [0.1, 0.15) is 0 Å². The molecule has 1 aromatic heterocycles. The van der Waals surface area contributed by atoms with Gasteiger partial charge in [0.05, 0.1) is 64.4 Å². The lowest BCUT2D eigenvalue weighted by Crippen LogP contribution is -2.30. The minimum absolute atomic E-state index is 0.0150. The Labute approximate surface area is 268 Å². The van der Waals surface area contributed by atoms with Crippen molar-refractivity contribution in [2.45, 2.75) is 79.1 Å². The summed E-state index contributed by atoms with van der Waals surface area (Å²) in [6.45, 7) is 12.6. The molecule has 5 aliphatic rings. The van der Waals surface area contributed by atoms with E-state index in [0.29, 0.717) is 29.0 Å². The first-order valence-corrected chi connectivity index (χ1v) is 16.0. The predicted octanol–water partition coefficient (Wildman–Crippen LogP) is 7.66. The number of allylic oxidation sites excluding steroid dienone is 6. The zero-order valence-corrected chi connectivity index (χ0v) is 27.4. The highest BCUT2D eigenvalue weighted by Crippen LogP contribution is 2.50. The van der Waals surface area contributed by atoms with Gasteiger partial charge < -0.3 is 14.8 Å². The van der Waals surface area contributed by atoms with Crippen LogP contribution in [0.5, 0.6) is 0 Å². The number of aliphatic hydroxyl groups is 1. The number of Topliss-reactive ketones (excluding diaryl/α,β-unsaturated/α-hetero) is 1. The van der Waals surface area contributed by atoms with Crippen LogP contribution in [-0.4, -0.2) is 46.1 Å². The van der Waals surface area contributed by atoms with Crippen LogP contribution in [-0.2, 0) is 26.2 Å². The molecule has 2 aromatic rings. The second kappa shape index (κ2) is 10.6. The van der Waals surface area contributed by atoms with E-state index in [9.17, 15) is 14.7 Å². The second-order valence-electron chi connectivity index (χ2n) is 12.8. The van der Waals surface area contributed by atoms with Crippen LogP contribution in [0.2, 0.25) is 0 Å². The van der Waals surface area contributed by atoms with Crippen molar-refractivity contribution in [1.82, 2.24) is 4.98 Å². The van der Waals surface area contributed by atoms with E-state index in [-0.39, 0.29) is 24.6 Å². The maximum absolute atomic E-state index is 13.8. The zero-order valence-electron chi connectivity index (χ0n) is 27.4. The maximum atomic E-state index is 13.8. The topological polar surface area (TPSA) is 116 Å². The van der Waals surface area contributed by atoms with Crippen molar-refractivity contribution in [1.29, 1.82) is 0 Å². The Hall–Kier alpha value is -4.85. The number of H-pyrrole nitrogens is 1. The van der Waals surface area contributed by atoms with Crippen LogP contribution >= 0.6 is 0 Å². The number of methoxy groups -OCH3 is 1. The quantitative estimate of drug-likeness (QED) is 0.266. The van der Waals surface area contributed by atoms with Crippen molar-refractivity contribution in [2.24, 2.45) is 15.0 Å². The standard InChI is InChI=1S/C38H38N4O4/c1-8-21-19(4)33-25(17-43)37-38(6,9-2)26-12-10-11-23(34(26)42-37)32-20(5)22(13-14-30(45)46-7)35(41-32)31-29(44)15-24-18(3)27(39-36(24)31)16-28(21)40-33/h10-12,16-17,40,43H,8-9,13-15H2,1-7H3. The van der Waals surface area contributed by atoms with Crippen molar-refractivity contribution in [2.75, 3.05) is 7.11 Å². The second-order valence-corrected chi connectivity index (χ2v) is 12.8. The molecule has 1 unspecified atom stereocenters. The largest absolute Gasteiger partial charge is 0.515 e. The molecule has 0 spiro atoms. The molecule has 234 valence electrons. The minimum atomic E-state index is -0.484. The van der Waals surface area contributed by atoms with Gasteiger partial charge in [-0.05, 0) is 92.0 Å². The Morgan fingerprint density at radius 2 is 1.89 bits per heavy atom. The summed E-state index contributed by atoms with van der Waals surface area (Å²) in [5, 5.41) is 10.9. The van der Waals surface area contributed by atoms with Crippen LogP contribution in [0.1, 0.15) is 93.9 Å². The summed E-state index contributed by atoms with van der Waals surface area (Å²) in [4.78, 5) is 45.3. The summed E-state index contributed by atoms with van der Waals surface area (Å²) >= 11 is 0.